The molecular weight excluding hydrogens is 432 g/mol. The fraction of sp³-hybridized carbons (Fsp3) is 0.519. The van der Waals surface area contributed by atoms with Crippen LogP contribution < -0.4 is 10.6 Å². The van der Waals surface area contributed by atoms with E-state index in [4.69, 9.17) is 9.84 Å². The van der Waals surface area contributed by atoms with Crippen LogP contribution in [0.4, 0.5) is 0 Å². The van der Waals surface area contributed by atoms with E-state index in [2.05, 4.69) is 23.8 Å². The zero-order valence-corrected chi connectivity index (χ0v) is 20.5. The minimum Gasteiger partial charge on any atom is -0.463 e. The molecule has 0 radical (unpaired) electrons. The van der Waals surface area contributed by atoms with E-state index in [1.165, 1.54) is 0 Å². The van der Waals surface area contributed by atoms with Gasteiger partial charge in [0.15, 0.2) is 0 Å². The minimum atomic E-state index is -0.591. The molecule has 1 rings (SSSR count). The van der Waals surface area contributed by atoms with E-state index in [1.54, 1.807) is 19.9 Å². The van der Waals surface area contributed by atoms with Gasteiger partial charge in [-0.3, -0.25) is 14.4 Å². The summed E-state index contributed by atoms with van der Waals surface area (Å²) in [6.45, 7) is 10.7. The lowest BCUT2D eigenvalue weighted by Gasteiger charge is -2.21. The van der Waals surface area contributed by atoms with Gasteiger partial charge in [-0.2, -0.15) is 0 Å². The minimum absolute atomic E-state index is 0.0167. The summed E-state index contributed by atoms with van der Waals surface area (Å²) in [7, 11) is 0. The van der Waals surface area contributed by atoms with Crippen molar-refractivity contribution in [3.63, 3.8) is 0 Å². The number of benzene rings is 1. The average Bonchev–Trinajstić information content (AvgIpc) is 2.82. The van der Waals surface area contributed by atoms with Crippen LogP contribution in [0.3, 0.4) is 0 Å². The van der Waals surface area contributed by atoms with Gasteiger partial charge in [-0.1, -0.05) is 42.5 Å². The monoisotopic (exact) mass is 472 g/mol. The summed E-state index contributed by atoms with van der Waals surface area (Å²) < 4.78 is 5.55. The zero-order chi connectivity index (χ0) is 25.3. The molecule has 0 saturated heterocycles. The Morgan fingerprint density at radius 1 is 1.03 bits per heavy atom. The number of aliphatic hydroxyl groups excluding tert-OH is 1. The fourth-order valence-electron chi connectivity index (χ4n) is 3.53. The van der Waals surface area contributed by atoms with E-state index < -0.39 is 12.0 Å². The number of hydrogen-bond donors (Lipinski definition) is 3. The molecule has 0 fully saturated rings. The molecular formula is C27H40N2O5. The third-order valence-corrected chi connectivity index (χ3v) is 5.42. The highest BCUT2D eigenvalue weighted by molar-refractivity contribution is 5.86. The molecule has 0 aliphatic rings. The van der Waals surface area contributed by atoms with Crippen LogP contribution in [-0.4, -0.2) is 48.2 Å². The highest BCUT2D eigenvalue weighted by Crippen LogP contribution is 2.18. The Morgan fingerprint density at radius 2 is 1.74 bits per heavy atom. The van der Waals surface area contributed by atoms with Crippen molar-refractivity contribution in [3.8, 4) is 0 Å². The molecule has 188 valence electrons. The van der Waals surface area contributed by atoms with Crippen molar-refractivity contribution >= 4 is 17.8 Å². The highest BCUT2D eigenvalue weighted by atomic mass is 16.5. The molecule has 4 atom stereocenters. The maximum absolute atomic E-state index is 12.8. The van der Waals surface area contributed by atoms with Gasteiger partial charge in [0, 0.05) is 12.5 Å². The topological polar surface area (TPSA) is 105 Å². The number of esters is 1. The number of carbonyl (C=O) groups is 3. The summed E-state index contributed by atoms with van der Waals surface area (Å²) in [5.74, 6) is -1.76. The molecule has 7 heteroatoms. The Morgan fingerprint density at radius 3 is 2.35 bits per heavy atom. The van der Waals surface area contributed by atoms with Crippen LogP contribution in [0.5, 0.6) is 0 Å². The van der Waals surface area contributed by atoms with Crippen molar-refractivity contribution < 1.29 is 24.2 Å². The number of amides is 2. The van der Waals surface area contributed by atoms with Crippen molar-refractivity contribution in [3.05, 3.63) is 61.2 Å². The average molecular weight is 473 g/mol. The summed E-state index contributed by atoms with van der Waals surface area (Å²) in [5, 5.41) is 14.5. The fourth-order valence-corrected chi connectivity index (χ4v) is 3.53. The molecule has 0 unspecified atom stereocenters. The van der Waals surface area contributed by atoms with Gasteiger partial charge in [0.2, 0.25) is 11.8 Å². The first kappa shape index (κ1) is 29.1. The molecule has 7 nitrogen and oxygen atoms in total. The van der Waals surface area contributed by atoms with E-state index in [1.807, 2.05) is 36.4 Å². The molecule has 1 aromatic rings. The van der Waals surface area contributed by atoms with Gasteiger partial charge < -0.3 is 20.5 Å². The molecule has 0 bridgehead atoms. The summed E-state index contributed by atoms with van der Waals surface area (Å²) >= 11 is 0. The number of nitrogens with one attached hydrogen (secondary N) is 2. The molecule has 34 heavy (non-hydrogen) atoms. The van der Waals surface area contributed by atoms with E-state index in [0.717, 1.165) is 18.4 Å². The third kappa shape index (κ3) is 11.8. The lowest BCUT2D eigenvalue weighted by atomic mass is 9.94. The van der Waals surface area contributed by atoms with Gasteiger partial charge >= 0.3 is 5.97 Å². The van der Waals surface area contributed by atoms with Crippen LogP contribution in [0.25, 0.3) is 0 Å². The van der Waals surface area contributed by atoms with E-state index in [0.29, 0.717) is 19.3 Å². The van der Waals surface area contributed by atoms with Crippen LogP contribution in [0.1, 0.15) is 51.5 Å². The predicted octanol–water partition coefficient (Wildman–Crippen LogP) is 3.33. The first-order valence-electron chi connectivity index (χ1n) is 11.9. The number of hydrogen-bond acceptors (Lipinski definition) is 5. The second-order valence-corrected chi connectivity index (χ2v) is 8.72. The largest absolute Gasteiger partial charge is 0.463 e. The number of rotatable bonds is 17. The van der Waals surface area contributed by atoms with E-state index in [9.17, 15) is 14.4 Å². The normalized spacial score (nSPS) is 14.2. The standard InChI is InChI=1S/C27H40N2O5/c1-5-7-9-15-24(16-22-13-10-8-11-14-22)27(33)34-19-21(4)29-26(32)23(12-6-2)17-25(31)28-20(3)18-30/h5-6,8,10-11,13-14,20-21,23-24,30H,1-2,7,9,12,15-19H2,3-4H3,(H,28,31)(H,29,32)/t20-,21-,23+,24+/m0/s1. The number of ether oxygens (including phenoxy) is 1. The molecule has 0 saturated carbocycles. The van der Waals surface area contributed by atoms with Gasteiger partial charge in [0.25, 0.3) is 0 Å². The van der Waals surface area contributed by atoms with Gasteiger partial charge in [-0.25, -0.2) is 0 Å². The summed E-state index contributed by atoms with van der Waals surface area (Å²) in [5.41, 5.74) is 1.07. The lowest BCUT2D eigenvalue weighted by Crippen LogP contribution is -2.43. The predicted molar refractivity (Wildman–Crippen MR) is 134 cm³/mol. The second-order valence-electron chi connectivity index (χ2n) is 8.72. The first-order valence-corrected chi connectivity index (χ1v) is 11.9. The molecule has 0 aliphatic carbocycles. The SMILES string of the molecule is C=CCCC[C@H](Cc1ccccc1)C(=O)OC[C@H](C)NC(=O)[C@H](CC=C)CC(=O)N[C@@H](C)CO. The Balaban J connectivity index is 2.62. The van der Waals surface area contributed by atoms with E-state index >= 15 is 0 Å². The van der Waals surface area contributed by atoms with Gasteiger partial charge in [-0.15, -0.1) is 13.2 Å². The smallest absolute Gasteiger partial charge is 0.309 e. The second kappa shape index (κ2) is 16.6. The molecule has 0 spiro atoms. The molecule has 2 amide bonds. The van der Waals surface area contributed by atoms with E-state index in [-0.39, 0.29) is 49.4 Å². The highest BCUT2D eigenvalue weighted by Gasteiger charge is 2.24. The van der Waals surface area contributed by atoms with Crippen molar-refractivity contribution in [1.29, 1.82) is 0 Å². The summed E-state index contributed by atoms with van der Waals surface area (Å²) in [6, 6.07) is 9.03. The van der Waals surface area contributed by atoms with Crippen LogP contribution in [0, 0.1) is 11.8 Å². The van der Waals surface area contributed by atoms with Crippen LogP contribution >= 0.6 is 0 Å². The number of aliphatic hydroxyl groups is 1. The molecule has 3 N–H and O–H groups in total. The number of carbonyl (C=O) groups excluding carboxylic acids is 3. The molecule has 0 aromatic heterocycles. The van der Waals surface area contributed by atoms with Crippen molar-refractivity contribution in [2.45, 2.75) is 64.5 Å². The van der Waals surface area contributed by atoms with Gasteiger partial charge in [-0.05, 0) is 51.5 Å². The maximum atomic E-state index is 12.8. The molecule has 1 aromatic carbocycles. The number of unbranched alkanes of at least 4 members (excludes halogenated alkanes) is 1. The third-order valence-electron chi connectivity index (χ3n) is 5.42. The Bertz CT molecular complexity index is 780. The maximum Gasteiger partial charge on any atom is 0.309 e. The van der Waals surface area contributed by atoms with Crippen molar-refractivity contribution in [1.82, 2.24) is 10.6 Å². The van der Waals surface area contributed by atoms with Gasteiger partial charge in [0.1, 0.15) is 6.61 Å². The Kier molecular flexibility index (Phi) is 14.2. The zero-order valence-electron chi connectivity index (χ0n) is 20.5. The summed E-state index contributed by atoms with van der Waals surface area (Å²) in [4.78, 5) is 37.6. The first-order chi connectivity index (χ1) is 16.3. The quantitative estimate of drug-likeness (QED) is 0.183. The lowest BCUT2D eigenvalue weighted by molar-refractivity contribution is -0.150. The van der Waals surface area contributed by atoms with Crippen LogP contribution in [-0.2, 0) is 25.5 Å². The summed E-state index contributed by atoms with van der Waals surface area (Å²) in [6.07, 6.45) is 6.73. The van der Waals surface area contributed by atoms with Crippen LogP contribution in [0.2, 0.25) is 0 Å². The molecule has 0 heterocycles. The van der Waals surface area contributed by atoms with Gasteiger partial charge in [0.05, 0.1) is 24.5 Å². The van der Waals surface area contributed by atoms with Crippen molar-refractivity contribution in [2.24, 2.45) is 11.8 Å². The van der Waals surface area contributed by atoms with Crippen LogP contribution in [0.15, 0.2) is 55.6 Å². The van der Waals surface area contributed by atoms with Crippen molar-refractivity contribution in [2.75, 3.05) is 13.2 Å². The Labute approximate surface area is 203 Å². The Hall–Kier alpha value is -2.93. The molecule has 0 aliphatic heterocycles. The number of allylic oxidation sites excluding steroid dienone is 2.